The van der Waals surface area contributed by atoms with Crippen LogP contribution in [0.15, 0.2) is 10.6 Å². The number of hydrogen-bond acceptors (Lipinski definition) is 0. The first-order valence-electron chi connectivity index (χ1n) is 4.13. The quantitative estimate of drug-likeness (QED) is 0.606. The summed E-state index contributed by atoms with van der Waals surface area (Å²) in [6, 6.07) is 0. The lowest BCUT2D eigenvalue weighted by molar-refractivity contribution is 0.419. The molecular weight excluding hydrogens is 188 g/mol. The second-order valence-electron chi connectivity index (χ2n) is 3.15. The van der Waals surface area contributed by atoms with Gasteiger partial charge in [-0.25, -0.2) is 0 Å². The van der Waals surface area contributed by atoms with Crippen molar-refractivity contribution >= 4 is 15.9 Å². The lowest BCUT2D eigenvalue weighted by Gasteiger charge is -2.17. The van der Waals surface area contributed by atoms with Crippen LogP contribution in [0.3, 0.4) is 0 Å². The Bertz CT molecular complexity index is 117. The Hall–Kier alpha value is 0.220. The zero-order valence-electron chi connectivity index (χ0n) is 6.57. The van der Waals surface area contributed by atoms with Gasteiger partial charge in [-0.3, -0.25) is 0 Å². The molecule has 0 spiro atoms. The molecule has 1 saturated carbocycles. The molecule has 0 bridgehead atoms. The molecule has 0 amide bonds. The third kappa shape index (κ3) is 2.87. The van der Waals surface area contributed by atoms with Crippen LogP contribution in [0, 0.1) is 5.92 Å². The molecule has 1 aliphatic carbocycles. The van der Waals surface area contributed by atoms with E-state index in [1.165, 1.54) is 36.6 Å². The maximum absolute atomic E-state index is 3.47. The zero-order valence-corrected chi connectivity index (χ0v) is 8.15. The summed E-state index contributed by atoms with van der Waals surface area (Å²) >= 11 is 3.47. The van der Waals surface area contributed by atoms with Crippen LogP contribution in [0.1, 0.15) is 39.0 Å². The third-order valence-electron chi connectivity index (χ3n) is 2.12. The average Bonchev–Trinajstić information content (AvgIpc) is 1.88. The van der Waals surface area contributed by atoms with E-state index in [9.17, 15) is 0 Å². The van der Waals surface area contributed by atoms with Crippen molar-refractivity contribution in [3.05, 3.63) is 10.6 Å². The SMILES string of the molecule is C/C(Br)=C\C1CCCCC1. The molecule has 0 aromatic carbocycles. The molecule has 0 heterocycles. The predicted molar refractivity (Wildman–Crippen MR) is 49.3 cm³/mol. The molecule has 0 aromatic heterocycles. The van der Waals surface area contributed by atoms with Crippen molar-refractivity contribution in [2.24, 2.45) is 5.92 Å². The summed E-state index contributed by atoms with van der Waals surface area (Å²) in [5.74, 6) is 0.869. The molecule has 10 heavy (non-hydrogen) atoms. The zero-order chi connectivity index (χ0) is 7.40. The fourth-order valence-corrected chi connectivity index (χ4v) is 2.00. The van der Waals surface area contributed by atoms with Crippen molar-refractivity contribution in [2.75, 3.05) is 0 Å². The minimum Gasteiger partial charge on any atom is -0.0715 e. The van der Waals surface area contributed by atoms with Crippen LogP contribution in [-0.4, -0.2) is 0 Å². The van der Waals surface area contributed by atoms with Crippen molar-refractivity contribution in [2.45, 2.75) is 39.0 Å². The van der Waals surface area contributed by atoms with Gasteiger partial charge >= 0.3 is 0 Å². The van der Waals surface area contributed by atoms with E-state index in [0.29, 0.717) is 0 Å². The van der Waals surface area contributed by atoms with E-state index >= 15 is 0 Å². The molecule has 0 unspecified atom stereocenters. The van der Waals surface area contributed by atoms with E-state index in [-0.39, 0.29) is 0 Å². The van der Waals surface area contributed by atoms with Gasteiger partial charge in [0.25, 0.3) is 0 Å². The van der Waals surface area contributed by atoms with Crippen molar-refractivity contribution in [1.82, 2.24) is 0 Å². The molecule has 58 valence electrons. The van der Waals surface area contributed by atoms with Crippen molar-refractivity contribution in [3.8, 4) is 0 Å². The van der Waals surface area contributed by atoms with Gasteiger partial charge in [-0.2, -0.15) is 0 Å². The molecule has 0 atom stereocenters. The van der Waals surface area contributed by atoms with Crippen LogP contribution in [0.5, 0.6) is 0 Å². The van der Waals surface area contributed by atoms with Gasteiger partial charge in [0.2, 0.25) is 0 Å². The maximum atomic E-state index is 3.47. The summed E-state index contributed by atoms with van der Waals surface area (Å²) in [7, 11) is 0. The molecule has 0 nitrogen and oxygen atoms in total. The second-order valence-corrected chi connectivity index (χ2v) is 4.40. The fraction of sp³-hybridized carbons (Fsp3) is 0.778. The first-order valence-corrected chi connectivity index (χ1v) is 4.92. The number of allylic oxidation sites excluding steroid dienone is 2. The molecule has 0 aromatic rings. The minimum absolute atomic E-state index is 0.869. The monoisotopic (exact) mass is 202 g/mol. The Kier molecular flexibility index (Phi) is 3.47. The van der Waals surface area contributed by atoms with Crippen LogP contribution in [0.2, 0.25) is 0 Å². The van der Waals surface area contributed by atoms with Gasteiger partial charge in [0.15, 0.2) is 0 Å². The largest absolute Gasteiger partial charge is 0.0715 e. The second kappa shape index (κ2) is 4.17. The topological polar surface area (TPSA) is 0 Å². The van der Waals surface area contributed by atoms with Crippen molar-refractivity contribution < 1.29 is 0 Å². The molecule has 0 saturated heterocycles. The molecule has 1 rings (SSSR count). The maximum Gasteiger partial charge on any atom is -0.0117 e. The molecule has 0 aliphatic heterocycles. The van der Waals surface area contributed by atoms with Gasteiger partial charge in [0.05, 0.1) is 0 Å². The average molecular weight is 203 g/mol. The third-order valence-corrected chi connectivity index (χ3v) is 2.38. The van der Waals surface area contributed by atoms with E-state index in [1.807, 2.05) is 0 Å². The highest BCUT2D eigenvalue weighted by Crippen LogP contribution is 2.26. The summed E-state index contributed by atoms with van der Waals surface area (Å²) in [5, 5.41) is 0. The van der Waals surface area contributed by atoms with Gasteiger partial charge < -0.3 is 0 Å². The molecule has 1 heteroatoms. The van der Waals surface area contributed by atoms with Crippen LogP contribution >= 0.6 is 15.9 Å². The van der Waals surface area contributed by atoms with E-state index in [2.05, 4.69) is 28.9 Å². The summed E-state index contributed by atoms with van der Waals surface area (Å²) < 4.78 is 1.31. The Labute approximate surface area is 71.8 Å². The number of halogens is 1. The molecule has 1 fully saturated rings. The van der Waals surface area contributed by atoms with E-state index < -0.39 is 0 Å². The minimum atomic E-state index is 0.869. The van der Waals surface area contributed by atoms with Crippen molar-refractivity contribution in [3.63, 3.8) is 0 Å². The van der Waals surface area contributed by atoms with Crippen molar-refractivity contribution in [1.29, 1.82) is 0 Å². The number of hydrogen-bond donors (Lipinski definition) is 0. The van der Waals surface area contributed by atoms with E-state index in [4.69, 9.17) is 0 Å². The Balaban J connectivity index is 2.33. The van der Waals surface area contributed by atoms with Crippen LogP contribution in [0.25, 0.3) is 0 Å². The summed E-state index contributed by atoms with van der Waals surface area (Å²) in [6.45, 7) is 2.12. The first-order chi connectivity index (χ1) is 4.79. The van der Waals surface area contributed by atoms with Crippen LogP contribution < -0.4 is 0 Å². The van der Waals surface area contributed by atoms with Gasteiger partial charge in [-0.15, -0.1) is 0 Å². The highest BCUT2D eigenvalue weighted by atomic mass is 79.9. The summed E-state index contributed by atoms with van der Waals surface area (Å²) in [4.78, 5) is 0. The van der Waals surface area contributed by atoms with Gasteiger partial charge in [-0.1, -0.05) is 41.3 Å². The lowest BCUT2D eigenvalue weighted by Crippen LogP contribution is -2.02. The fourth-order valence-electron chi connectivity index (χ4n) is 1.63. The van der Waals surface area contributed by atoms with E-state index in [0.717, 1.165) is 5.92 Å². The normalized spacial score (nSPS) is 23.2. The summed E-state index contributed by atoms with van der Waals surface area (Å²) in [5.41, 5.74) is 0. The lowest BCUT2D eigenvalue weighted by atomic mass is 9.89. The highest BCUT2D eigenvalue weighted by Gasteiger charge is 2.09. The molecule has 0 N–H and O–H groups in total. The Morgan fingerprint density at radius 2 is 1.90 bits per heavy atom. The Morgan fingerprint density at radius 3 is 2.40 bits per heavy atom. The molecular formula is C9H15Br. The van der Waals surface area contributed by atoms with Gasteiger partial charge in [0.1, 0.15) is 0 Å². The number of rotatable bonds is 1. The van der Waals surface area contributed by atoms with Gasteiger partial charge in [0, 0.05) is 0 Å². The predicted octanol–water partition coefficient (Wildman–Crippen LogP) is 3.87. The first kappa shape index (κ1) is 8.32. The van der Waals surface area contributed by atoms with Gasteiger partial charge in [-0.05, 0) is 30.2 Å². The standard InChI is InChI=1S/C9H15Br/c1-8(10)7-9-5-3-2-4-6-9/h7,9H,2-6H2,1H3/b8-7+. The molecule has 0 radical (unpaired) electrons. The molecule has 1 aliphatic rings. The van der Waals surface area contributed by atoms with E-state index in [1.54, 1.807) is 0 Å². The van der Waals surface area contributed by atoms with Crippen LogP contribution in [-0.2, 0) is 0 Å². The van der Waals surface area contributed by atoms with Crippen LogP contribution in [0.4, 0.5) is 0 Å². The Morgan fingerprint density at radius 1 is 1.30 bits per heavy atom. The summed E-state index contributed by atoms with van der Waals surface area (Å²) in [6.07, 6.45) is 9.49. The smallest absolute Gasteiger partial charge is 0.0117 e. The highest BCUT2D eigenvalue weighted by molar-refractivity contribution is 9.11.